The number of H-pyrrole nitrogens is 1. The molecule has 0 aliphatic rings. The maximum atomic E-state index is 12.7. The van der Waals surface area contributed by atoms with Gasteiger partial charge in [0.1, 0.15) is 16.5 Å². The first-order valence-electron chi connectivity index (χ1n) is 11.7. The molecule has 0 aliphatic heterocycles. The molecule has 9 heteroatoms. The summed E-state index contributed by atoms with van der Waals surface area (Å²) in [6, 6.07) is 11.9. The second-order valence-electron chi connectivity index (χ2n) is 8.26. The maximum Gasteiger partial charge on any atom is 0.263 e. The molecule has 2 aromatic carbocycles. The van der Waals surface area contributed by atoms with E-state index in [1.165, 1.54) is 11.3 Å². The van der Waals surface area contributed by atoms with Crippen molar-refractivity contribution >= 4 is 33.9 Å². The number of carbonyl (C=O) groups excluding carboxylic acids is 2. The molecule has 2 aromatic heterocycles. The van der Waals surface area contributed by atoms with Gasteiger partial charge in [0.25, 0.3) is 5.91 Å². The highest BCUT2D eigenvalue weighted by Gasteiger charge is 2.20. The third-order valence-corrected chi connectivity index (χ3v) is 6.53. The van der Waals surface area contributed by atoms with Crippen LogP contribution in [0.1, 0.15) is 60.6 Å². The first-order valence-corrected chi connectivity index (χ1v) is 12.6. The highest BCUT2D eigenvalue weighted by Crippen LogP contribution is 2.30. The number of imidazole rings is 1. The lowest BCUT2D eigenvalue weighted by Crippen LogP contribution is -2.28. The van der Waals surface area contributed by atoms with Crippen LogP contribution in [-0.2, 0) is 4.79 Å². The van der Waals surface area contributed by atoms with Gasteiger partial charge in [-0.2, -0.15) is 0 Å². The molecule has 35 heavy (non-hydrogen) atoms. The second kappa shape index (κ2) is 11.6. The van der Waals surface area contributed by atoms with E-state index < -0.39 is 0 Å². The number of hydrogen-bond donors (Lipinski definition) is 3. The number of fused-ring (bicyclic) bond motifs is 1. The van der Waals surface area contributed by atoms with Gasteiger partial charge in [-0.15, -0.1) is 11.3 Å². The molecule has 0 bridgehead atoms. The lowest BCUT2D eigenvalue weighted by atomic mass is 10.0. The number of ether oxygens (including phenoxy) is 1. The van der Waals surface area contributed by atoms with E-state index in [1.807, 2.05) is 25.1 Å². The molecule has 0 spiro atoms. The molecule has 1 unspecified atom stereocenters. The van der Waals surface area contributed by atoms with Crippen molar-refractivity contribution in [1.82, 2.24) is 20.3 Å². The van der Waals surface area contributed by atoms with E-state index in [0.29, 0.717) is 30.2 Å². The minimum atomic E-state index is -0.294. The van der Waals surface area contributed by atoms with Gasteiger partial charge in [-0.1, -0.05) is 31.0 Å². The zero-order valence-electron chi connectivity index (χ0n) is 19.6. The molecule has 1 atom stereocenters. The second-order valence-corrected chi connectivity index (χ2v) is 9.15. The number of aromatic amines is 1. The van der Waals surface area contributed by atoms with Gasteiger partial charge >= 0.3 is 0 Å². The molecular weight excluding hydrogens is 462 g/mol. The molecule has 8 nitrogen and oxygen atoms in total. The molecule has 0 saturated carbocycles. The van der Waals surface area contributed by atoms with E-state index in [4.69, 9.17) is 10.5 Å². The minimum Gasteiger partial charge on any atom is -0.493 e. The molecule has 0 radical (unpaired) electrons. The van der Waals surface area contributed by atoms with E-state index in [9.17, 15) is 9.59 Å². The normalized spacial score (nSPS) is 11.9. The first kappa shape index (κ1) is 24.4. The minimum absolute atomic E-state index is 0.179. The Labute approximate surface area is 207 Å². The van der Waals surface area contributed by atoms with Crippen LogP contribution in [0.5, 0.6) is 5.75 Å². The zero-order chi connectivity index (χ0) is 24.6. The third-order valence-electron chi connectivity index (χ3n) is 5.75. The Morgan fingerprint density at radius 3 is 2.83 bits per heavy atom. The summed E-state index contributed by atoms with van der Waals surface area (Å²) in [5.41, 5.74) is 8.74. The quantitative estimate of drug-likeness (QED) is 0.241. The summed E-state index contributed by atoms with van der Waals surface area (Å²) in [6.07, 6.45) is 6.81. The van der Waals surface area contributed by atoms with Crippen molar-refractivity contribution in [2.24, 2.45) is 5.73 Å². The average Bonchev–Trinajstić information content (AvgIpc) is 3.56. The van der Waals surface area contributed by atoms with Crippen molar-refractivity contribution in [1.29, 1.82) is 0 Å². The molecule has 0 saturated heterocycles. The Balaban J connectivity index is 1.53. The van der Waals surface area contributed by atoms with Gasteiger partial charge in [0, 0.05) is 17.4 Å². The molecule has 0 aliphatic carbocycles. The number of benzene rings is 2. The van der Waals surface area contributed by atoms with Crippen molar-refractivity contribution in [3.05, 3.63) is 65.0 Å². The van der Waals surface area contributed by atoms with Crippen molar-refractivity contribution in [2.45, 2.75) is 45.1 Å². The van der Waals surface area contributed by atoms with Crippen molar-refractivity contribution < 1.29 is 14.3 Å². The van der Waals surface area contributed by atoms with Crippen LogP contribution in [0.4, 0.5) is 0 Å². The number of hydrogen-bond acceptors (Lipinski definition) is 6. The van der Waals surface area contributed by atoms with Crippen LogP contribution >= 0.6 is 11.3 Å². The smallest absolute Gasteiger partial charge is 0.263 e. The lowest BCUT2D eigenvalue weighted by Gasteiger charge is -2.16. The van der Waals surface area contributed by atoms with E-state index in [0.717, 1.165) is 47.0 Å². The molecule has 4 N–H and O–H groups in total. The number of carbonyl (C=O) groups is 2. The zero-order valence-corrected chi connectivity index (χ0v) is 20.4. The predicted octanol–water partition coefficient (Wildman–Crippen LogP) is 4.99. The van der Waals surface area contributed by atoms with E-state index in [-0.39, 0.29) is 17.9 Å². The van der Waals surface area contributed by atoms with Crippen molar-refractivity contribution in [2.75, 3.05) is 6.61 Å². The molecule has 4 aromatic rings. The average molecular weight is 492 g/mol. The standard InChI is InChI=1S/C26H29N5O3S/c1-2-34-22-9-6-7-17-13-18(11-12-19(17)22)21-14-29-25(30-21)20(8-4-3-5-10-24(27)32)31-26(33)23-15-28-16-35-23/h6-7,9,11-16,20H,2-5,8,10H2,1H3,(H2,27,32)(H,29,30)(H,31,33). The van der Waals surface area contributed by atoms with Crippen LogP contribution in [0.25, 0.3) is 22.0 Å². The monoisotopic (exact) mass is 491 g/mol. The van der Waals surface area contributed by atoms with Crippen LogP contribution in [0.2, 0.25) is 0 Å². The maximum absolute atomic E-state index is 12.7. The Morgan fingerprint density at radius 2 is 2.06 bits per heavy atom. The summed E-state index contributed by atoms with van der Waals surface area (Å²) >= 11 is 1.30. The van der Waals surface area contributed by atoms with Gasteiger partial charge in [0.05, 0.1) is 36.2 Å². The summed E-state index contributed by atoms with van der Waals surface area (Å²) in [7, 11) is 0. The number of nitrogens with zero attached hydrogens (tertiary/aromatic N) is 2. The van der Waals surface area contributed by atoms with Gasteiger partial charge < -0.3 is 20.8 Å². The number of amides is 2. The molecule has 182 valence electrons. The highest BCUT2D eigenvalue weighted by atomic mass is 32.1. The van der Waals surface area contributed by atoms with Crippen LogP contribution in [0.15, 0.2) is 54.3 Å². The Kier molecular flexibility index (Phi) is 8.10. The Bertz CT molecular complexity index is 1290. The number of rotatable bonds is 12. The number of primary amides is 1. The molecule has 0 fully saturated rings. The fourth-order valence-corrected chi connectivity index (χ4v) is 4.55. The first-order chi connectivity index (χ1) is 17.0. The van der Waals surface area contributed by atoms with Crippen LogP contribution in [0, 0.1) is 0 Å². The van der Waals surface area contributed by atoms with Crippen molar-refractivity contribution in [3.8, 4) is 17.0 Å². The Hall–Kier alpha value is -3.72. The summed E-state index contributed by atoms with van der Waals surface area (Å²) in [5.74, 6) is 1.08. The molecule has 2 amide bonds. The van der Waals surface area contributed by atoms with Gasteiger partial charge in [-0.05, 0) is 43.4 Å². The van der Waals surface area contributed by atoms with Crippen LogP contribution in [0.3, 0.4) is 0 Å². The summed E-state index contributed by atoms with van der Waals surface area (Å²) in [5, 5.41) is 5.22. The largest absolute Gasteiger partial charge is 0.493 e. The third kappa shape index (κ3) is 6.24. The van der Waals surface area contributed by atoms with Crippen LogP contribution < -0.4 is 15.8 Å². The highest BCUT2D eigenvalue weighted by molar-refractivity contribution is 7.11. The van der Waals surface area contributed by atoms with Crippen molar-refractivity contribution in [3.63, 3.8) is 0 Å². The number of thiazole rings is 1. The molecular formula is C26H29N5O3S. The number of unbranched alkanes of at least 4 members (excludes halogenated alkanes) is 2. The van der Waals surface area contributed by atoms with E-state index in [1.54, 1.807) is 17.9 Å². The number of aromatic nitrogens is 3. The SMILES string of the molecule is CCOc1cccc2cc(-c3cnc(C(CCCCCC(N)=O)NC(=O)c4cncs4)[nH]3)ccc12. The molecule has 2 heterocycles. The van der Waals surface area contributed by atoms with E-state index in [2.05, 4.69) is 38.5 Å². The fraction of sp³-hybridized carbons (Fsp3) is 0.308. The summed E-state index contributed by atoms with van der Waals surface area (Å²) < 4.78 is 5.75. The van der Waals surface area contributed by atoms with Crippen LogP contribution in [-0.4, -0.2) is 33.4 Å². The Morgan fingerprint density at radius 1 is 1.17 bits per heavy atom. The number of nitrogens with one attached hydrogen (secondary N) is 2. The number of nitrogens with two attached hydrogens (primary N) is 1. The van der Waals surface area contributed by atoms with E-state index >= 15 is 0 Å². The van der Waals surface area contributed by atoms with Gasteiger partial charge in [0.2, 0.25) is 5.91 Å². The van der Waals surface area contributed by atoms with Gasteiger partial charge in [-0.3, -0.25) is 14.6 Å². The summed E-state index contributed by atoms with van der Waals surface area (Å²) in [6.45, 7) is 2.59. The summed E-state index contributed by atoms with van der Waals surface area (Å²) in [4.78, 5) is 36.3. The van der Waals surface area contributed by atoms with Gasteiger partial charge in [-0.25, -0.2) is 4.98 Å². The topological polar surface area (TPSA) is 123 Å². The molecule has 4 rings (SSSR count). The van der Waals surface area contributed by atoms with Gasteiger partial charge in [0.15, 0.2) is 0 Å². The fourth-order valence-electron chi connectivity index (χ4n) is 4.02. The lowest BCUT2D eigenvalue weighted by molar-refractivity contribution is -0.118. The predicted molar refractivity (Wildman–Crippen MR) is 137 cm³/mol.